The Morgan fingerprint density at radius 1 is 1.53 bits per heavy atom. The van der Waals surface area contributed by atoms with Crippen molar-refractivity contribution >= 4 is 33.0 Å². The van der Waals surface area contributed by atoms with Crippen molar-refractivity contribution in [3.05, 3.63) is 23.4 Å². The molecule has 0 aliphatic heterocycles. The molecule has 1 rings (SSSR count). The summed E-state index contributed by atoms with van der Waals surface area (Å²) in [6.07, 6.45) is 0.877. The van der Waals surface area contributed by atoms with Crippen LogP contribution < -0.4 is 34.3 Å². The van der Waals surface area contributed by atoms with E-state index in [9.17, 15) is 8.42 Å². The van der Waals surface area contributed by atoms with E-state index in [0.717, 1.165) is 17.8 Å². The minimum atomic E-state index is -3.47. The summed E-state index contributed by atoms with van der Waals surface area (Å²) in [6.45, 7) is 7.77. The number of hydrogen-bond acceptors (Lipinski definition) is 3. The molecule has 92 valence electrons. The fourth-order valence-electron chi connectivity index (χ4n) is 1.10. The van der Waals surface area contributed by atoms with Gasteiger partial charge in [0, 0.05) is 0 Å². The first kappa shape index (κ1) is 17.9. The average Bonchev–Trinajstić information content (AvgIpc) is 2.63. The Morgan fingerprint density at radius 2 is 2.12 bits per heavy atom. The van der Waals surface area contributed by atoms with Crippen molar-refractivity contribution in [3.8, 4) is 0 Å². The van der Waals surface area contributed by atoms with Gasteiger partial charge >= 0.3 is 29.6 Å². The average molecular weight is 304 g/mol. The Labute approximate surface area is 134 Å². The Kier molecular flexibility index (Phi) is 7.88. The van der Waals surface area contributed by atoms with Crippen molar-refractivity contribution < 1.29 is 38.0 Å². The van der Waals surface area contributed by atoms with E-state index in [1.165, 1.54) is 6.07 Å². The molecule has 0 spiro atoms. The molecule has 0 aliphatic carbocycles. The van der Waals surface area contributed by atoms with Crippen LogP contribution in [0, 0.1) is 12.8 Å². The minimum absolute atomic E-state index is 0. The third-order valence-corrected chi connectivity index (χ3v) is 5.66. The molecule has 0 bridgehead atoms. The van der Waals surface area contributed by atoms with Gasteiger partial charge in [0.05, 0.1) is 4.34 Å². The fraction of sp³-hybridized carbons (Fsp3) is 0.500. The maximum atomic E-state index is 11.9. The smallest absolute Gasteiger partial charge is 0.325 e. The second kappa shape index (κ2) is 7.48. The predicted molar refractivity (Wildman–Crippen MR) is 68.3 cm³/mol. The Morgan fingerprint density at radius 3 is 2.53 bits per heavy atom. The molecule has 1 aromatic heterocycles. The van der Waals surface area contributed by atoms with Gasteiger partial charge in [-0.05, 0) is 12.1 Å². The second-order valence-corrected chi connectivity index (χ2v) is 7.33. The summed E-state index contributed by atoms with van der Waals surface area (Å²) in [5, 5.41) is 0. The second-order valence-electron chi connectivity index (χ2n) is 3.67. The van der Waals surface area contributed by atoms with Gasteiger partial charge in [-0.3, -0.25) is 0 Å². The van der Waals surface area contributed by atoms with Gasteiger partial charge in [-0.1, -0.05) is 37.8 Å². The summed E-state index contributed by atoms with van der Waals surface area (Å²) in [5.74, 6) is 0.199. The van der Waals surface area contributed by atoms with Gasteiger partial charge in [0.15, 0.2) is 0 Å². The van der Waals surface area contributed by atoms with E-state index in [2.05, 4.69) is 11.6 Å². The monoisotopic (exact) mass is 303 g/mol. The largest absolute Gasteiger partial charge is 1.00 e. The first-order chi connectivity index (χ1) is 7.36. The van der Waals surface area contributed by atoms with Crippen LogP contribution in [-0.4, -0.2) is 14.5 Å². The van der Waals surface area contributed by atoms with E-state index in [4.69, 9.17) is 11.6 Å². The fourth-order valence-corrected chi connectivity index (χ4v) is 3.86. The molecule has 0 aliphatic rings. The van der Waals surface area contributed by atoms with Crippen LogP contribution in [0.4, 0.5) is 0 Å². The Hall–Kier alpha value is 0.900. The third kappa shape index (κ3) is 5.19. The molecule has 0 fully saturated rings. The quantitative estimate of drug-likeness (QED) is 0.611. The van der Waals surface area contributed by atoms with Crippen LogP contribution in [0.25, 0.3) is 0 Å². The molecule has 1 aromatic rings. The SMILES string of the molecule is [CH2-][C@@H](NS(=O)(=O)c1ccc(Cl)s1)[C@H](C)CC.[Na+]. The molecular weight excluding hydrogens is 289 g/mol. The molecule has 0 unspecified atom stereocenters. The predicted octanol–water partition coefficient (Wildman–Crippen LogP) is -0.0674. The summed E-state index contributed by atoms with van der Waals surface area (Å²) in [6, 6.07) is 2.75. The number of thiophene rings is 1. The van der Waals surface area contributed by atoms with Crippen molar-refractivity contribution in [1.82, 2.24) is 4.72 Å². The summed E-state index contributed by atoms with van der Waals surface area (Å²) in [5.41, 5.74) is 0. The molecule has 17 heavy (non-hydrogen) atoms. The van der Waals surface area contributed by atoms with E-state index in [1.807, 2.05) is 13.8 Å². The van der Waals surface area contributed by atoms with E-state index in [0.29, 0.717) is 4.34 Å². The Bertz CT molecular complexity index is 447. The summed E-state index contributed by atoms with van der Waals surface area (Å²) < 4.78 is 27.0. The first-order valence-corrected chi connectivity index (χ1v) is 7.65. The first-order valence-electron chi connectivity index (χ1n) is 4.97. The van der Waals surface area contributed by atoms with Crippen molar-refractivity contribution in [2.24, 2.45) is 5.92 Å². The zero-order valence-electron chi connectivity index (χ0n) is 10.2. The maximum Gasteiger partial charge on any atom is 1.00 e. The van der Waals surface area contributed by atoms with Gasteiger partial charge in [0.1, 0.15) is 4.21 Å². The van der Waals surface area contributed by atoms with Gasteiger partial charge in [-0.15, -0.1) is 17.4 Å². The third-order valence-electron chi connectivity index (χ3n) is 2.45. The zero-order valence-corrected chi connectivity index (χ0v) is 14.6. The van der Waals surface area contributed by atoms with Crippen LogP contribution in [-0.2, 0) is 10.0 Å². The molecule has 0 aromatic carbocycles. The molecule has 2 atom stereocenters. The molecule has 0 saturated carbocycles. The van der Waals surface area contributed by atoms with Gasteiger partial charge in [0.2, 0.25) is 10.0 Å². The normalized spacial score (nSPS) is 15.1. The maximum absolute atomic E-state index is 11.9. The molecule has 0 saturated heterocycles. The van der Waals surface area contributed by atoms with Gasteiger partial charge in [-0.25, -0.2) is 13.1 Å². The number of halogens is 1. The van der Waals surface area contributed by atoms with Crippen LogP contribution in [0.2, 0.25) is 4.34 Å². The number of sulfonamides is 1. The van der Waals surface area contributed by atoms with Gasteiger partial charge < -0.3 is 6.92 Å². The number of hydrogen-bond donors (Lipinski definition) is 1. The molecule has 7 heteroatoms. The number of nitrogens with one attached hydrogen (secondary N) is 1. The van der Waals surface area contributed by atoms with Crippen LogP contribution in [0.5, 0.6) is 0 Å². The van der Waals surface area contributed by atoms with Crippen LogP contribution >= 0.6 is 22.9 Å². The molecule has 1 heterocycles. The van der Waals surface area contributed by atoms with Gasteiger partial charge in [0.25, 0.3) is 0 Å². The van der Waals surface area contributed by atoms with E-state index in [-0.39, 0.29) is 45.7 Å². The molecule has 0 radical (unpaired) electrons. The standard InChI is InChI=1S/C10H15ClNO2S2.Na/c1-4-7(2)8(3)12-16(13,14)10-6-5-9(11)15-10;/h5-8,12H,3-4H2,1-2H3;/q-1;+1/t7-,8-;/m1./s1. The Balaban J connectivity index is 0.00000256. The van der Waals surface area contributed by atoms with Crippen LogP contribution in [0.15, 0.2) is 16.3 Å². The summed E-state index contributed by atoms with van der Waals surface area (Å²) >= 11 is 6.75. The zero-order chi connectivity index (χ0) is 12.3. The molecule has 3 nitrogen and oxygen atoms in total. The topological polar surface area (TPSA) is 46.2 Å². The van der Waals surface area contributed by atoms with Gasteiger partial charge in [-0.2, -0.15) is 0 Å². The van der Waals surface area contributed by atoms with Crippen molar-refractivity contribution in [2.45, 2.75) is 30.5 Å². The minimum Gasteiger partial charge on any atom is -0.325 e. The summed E-state index contributed by atoms with van der Waals surface area (Å²) in [4.78, 5) is 0. The van der Waals surface area contributed by atoms with Crippen molar-refractivity contribution in [1.29, 1.82) is 0 Å². The molecular formula is C10H15ClNNaO2S2. The van der Waals surface area contributed by atoms with Crippen molar-refractivity contribution in [2.75, 3.05) is 0 Å². The number of rotatable bonds is 5. The van der Waals surface area contributed by atoms with Crippen LogP contribution in [0.1, 0.15) is 20.3 Å². The van der Waals surface area contributed by atoms with E-state index < -0.39 is 10.0 Å². The molecule has 1 N–H and O–H groups in total. The van der Waals surface area contributed by atoms with Crippen molar-refractivity contribution in [3.63, 3.8) is 0 Å². The van der Waals surface area contributed by atoms with Crippen LogP contribution in [0.3, 0.4) is 0 Å². The summed E-state index contributed by atoms with van der Waals surface area (Å²) in [7, 11) is -3.47. The van der Waals surface area contributed by atoms with E-state index in [1.54, 1.807) is 6.07 Å². The van der Waals surface area contributed by atoms with E-state index >= 15 is 0 Å². The molecule has 0 amide bonds.